The average molecular weight is 1000 g/mol. The van der Waals surface area contributed by atoms with Gasteiger partial charge in [-0.25, -0.2) is 0 Å². The molecule has 0 saturated heterocycles. The minimum Gasteiger partial charge on any atom is -0.462 e. The van der Waals surface area contributed by atoms with Crippen LogP contribution >= 0.6 is 0 Å². The van der Waals surface area contributed by atoms with Crippen LogP contribution in [0.4, 0.5) is 0 Å². The third-order valence-electron chi connectivity index (χ3n) is 15.0. The van der Waals surface area contributed by atoms with Gasteiger partial charge in [-0.05, 0) is 31.1 Å². The van der Waals surface area contributed by atoms with Crippen molar-refractivity contribution in [2.24, 2.45) is 11.8 Å². The van der Waals surface area contributed by atoms with Crippen LogP contribution < -0.4 is 0 Å². The Morgan fingerprint density at radius 3 is 0.690 bits per heavy atom. The summed E-state index contributed by atoms with van der Waals surface area (Å²) in [6.07, 6.45) is 63.9. The normalized spacial score (nSPS) is 12.0. The second-order valence-corrected chi connectivity index (χ2v) is 23.4. The Balaban J connectivity index is 4.26. The van der Waals surface area contributed by atoms with Crippen LogP contribution in [0, 0.1) is 11.8 Å². The Morgan fingerprint density at radius 2 is 0.465 bits per heavy atom. The molecule has 0 spiro atoms. The Kier molecular flexibility index (Phi) is 56.4. The van der Waals surface area contributed by atoms with Crippen LogP contribution in [0.25, 0.3) is 0 Å². The van der Waals surface area contributed by atoms with Crippen LogP contribution in [0.3, 0.4) is 0 Å². The third-order valence-corrected chi connectivity index (χ3v) is 15.0. The number of hydrogen-bond donors (Lipinski definition) is 0. The van der Waals surface area contributed by atoms with Gasteiger partial charge in [-0.15, -0.1) is 0 Å². The van der Waals surface area contributed by atoms with E-state index in [1.165, 1.54) is 257 Å². The van der Waals surface area contributed by atoms with E-state index in [-0.39, 0.29) is 31.1 Å². The van der Waals surface area contributed by atoms with Crippen LogP contribution in [-0.4, -0.2) is 37.2 Å². The molecule has 0 aromatic rings. The number of carbonyl (C=O) groups excluding carboxylic acids is 3. The van der Waals surface area contributed by atoms with Crippen molar-refractivity contribution in [3.63, 3.8) is 0 Å². The predicted molar refractivity (Wildman–Crippen MR) is 307 cm³/mol. The zero-order valence-corrected chi connectivity index (χ0v) is 48.9. The number of rotatable bonds is 59. The van der Waals surface area contributed by atoms with E-state index in [4.69, 9.17) is 14.2 Å². The quantitative estimate of drug-likeness (QED) is 0.0343. The van der Waals surface area contributed by atoms with Crippen molar-refractivity contribution in [1.29, 1.82) is 0 Å². The molecule has 0 aliphatic rings. The lowest BCUT2D eigenvalue weighted by atomic mass is 10.0. The second-order valence-electron chi connectivity index (χ2n) is 23.4. The highest BCUT2D eigenvalue weighted by Gasteiger charge is 2.19. The van der Waals surface area contributed by atoms with Crippen molar-refractivity contribution in [3.8, 4) is 0 Å². The van der Waals surface area contributed by atoms with E-state index in [0.29, 0.717) is 19.3 Å². The topological polar surface area (TPSA) is 78.9 Å². The summed E-state index contributed by atoms with van der Waals surface area (Å²) in [6, 6.07) is 0. The molecule has 71 heavy (non-hydrogen) atoms. The Labute approximate surface area is 444 Å². The van der Waals surface area contributed by atoms with E-state index >= 15 is 0 Å². The van der Waals surface area contributed by atoms with E-state index in [2.05, 4.69) is 34.6 Å². The van der Waals surface area contributed by atoms with Gasteiger partial charge in [0.2, 0.25) is 0 Å². The molecule has 0 aliphatic carbocycles. The predicted octanol–water partition coefficient (Wildman–Crippen LogP) is 21.6. The molecule has 0 fully saturated rings. The molecule has 0 unspecified atom stereocenters. The molecule has 0 aromatic carbocycles. The molecule has 0 heterocycles. The zero-order valence-electron chi connectivity index (χ0n) is 48.9. The molecule has 0 aromatic heterocycles. The molecule has 0 aliphatic heterocycles. The Bertz CT molecular complexity index is 1090. The van der Waals surface area contributed by atoms with Crippen molar-refractivity contribution >= 4 is 17.9 Å². The first-order valence-electron chi connectivity index (χ1n) is 32.2. The van der Waals surface area contributed by atoms with Gasteiger partial charge < -0.3 is 14.2 Å². The summed E-state index contributed by atoms with van der Waals surface area (Å²) in [7, 11) is 0. The van der Waals surface area contributed by atoms with Crippen LogP contribution in [0.1, 0.15) is 369 Å². The first kappa shape index (κ1) is 69.4. The highest BCUT2D eigenvalue weighted by atomic mass is 16.6. The monoisotopic (exact) mass is 1000 g/mol. The van der Waals surface area contributed by atoms with Gasteiger partial charge in [-0.3, -0.25) is 14.4 Å². The average Bonchev–Trinajstić information content (AvgIpc) is 3.35. The summed E-state index contributed by atoms with van der Waals surface area (Å²) in [6.45, 7) is 11.5. The summed E-state index contributed by atoms with van der Waals surface area (Å²) in [5.74, 6) is 0.872. The fraction of sp³-hybridized carbons (Fsp3) is 0.954. The molecule has 1 atom stereocenters. The van der Waals surface area contributed by atoms with Gasteiger partial charge in [0.05, 0.1) is 0 Å². The summed E-state index contributed by atoms with van der Waals surface area (Å²) in [5.41, 5.74) is 0. The van der Waals surface area contributed by atoms with Crippen molar-refractivity contribution in [1.82, 2.24) is 0 Å². The number of esters is 3. The minimum absolute atomic E-state index is 0.0617. The fourth-order valence-electron chi connectivity index (χ4n) is 10.1. The van der Waals surface area contributed by atoms with Crippen LogP contribution in [0.2, 0.25) is 0 Å². The van der Waals surface area contributed by atoms with E-state index in [9.17, 15) is 14.4 Å². The van der Waals surface area contributed by atoms with Crippen molar-refractivity contribution in [2.45, 2.75) is 375 Å². The lowest BCUT2D eigenvalue weighted by Crippen LogP contribution is -2.30. The summed E-state index contributed by atoms with van der Waals surface area (Å²) in [4.78, 5) is 38.3. The second kappa shape index (κ2) is 57.7. The first-order valence-corrected chi connectivity index (χ1v) is 32.2. The standard InChI is InChI=1S/C65H126O6/c1-6-7-8-9-10-11-12-13-18-25-30-35-40-45-50-55-63(66)69-58-62(71-65(68)57-52-47-42-37-32-27-22-21-24-29-34-39-44-49-54-61(4)5)59-70-64(67)56-51-46-41-36-31-26-20-17-15-14-16-19-23-28-33-38-43-48-53-60(2)3/h60-62H,6-59H2,1-5H3/t62-/m1/s1. The maximum Gasteiger partial charge on any atom is 0.306 e. The fourth-order valence-corrected chi connectivity index (χ4v) is 10.1. The molecule has 0 N–H and O–H groups in total. The van der Waals surface area contributed by atoms with E-state index < -0.39 is 6.10 Å². The van der Waals surface area contributed by atoms with Gasteiger partial charge in [0.1, 0.15) is 13.2 Å². The van der Waals surface area contributed by atoms with Crippen LogP contribution in [0.15, 0.2) is 0 Å². The number of hydrogen-bond acceptors (Lipinski definition) is 6. The third kappa shape index (κ3) is 59.2. The molecule has 0 radical (unpaired) electrons. The molecule has 0 saturated carbocycles. The maximum absolute atomic E-state index is 12.9. The molecule has 6 heteroatoms. The number of carbonyl (C=O) groups is 3. The van der Waals surface area contributed by atoms with Crippen molar-refractivity contribution in [2.75, 3.05) is 13.2 Å². The number of unbranched alkanes of at least 4 members (excludes halogenated alkanes) is 44. The molecule has 0 amide bonds. The molecule has 0 bridgehead atoms. The van der Waals surface area contributed by atoms with E-state index in [0.717, 1.165) is 69.6 Å². The van der Waals surface area contributed by atoms with Gasteiger partial charge in [0, 0.05) is 19.3 Å². The minimum atomic E-state index is -0.763. The summed E-state index contributed by atoms with van der Waals surface area (Å²) < 4.78 is 17.0. The summed E-state index contributed by atoms with van der Waals surface area (Å²) >= 11 is 0. The van der Waals surface area contributed by atoms with E-state index in [1.54, 1.807) is 0 Å². The molecular weight excluding hydrogens is 877 g/mol. The Morgan fingerprint density at radius 1 is 0.268 bits per heavy atom. The maximum atomic E-state index is 12.9. The van der Waals surface area contributed by atoms with Gasteiger partial charge in [0.25, 0.3) is 0 Å². The van der Waals surface area contributed by atoms with Crippen molar-refractivity contribution in [3.05, 3.63) is 0 Å². The van der Waals surface area contributed by atoms with Crippen LogP contribution in [0.5, 0.6) is 0 Å². The smallest absolute Gasteiger partial charge is 0.306 e. The molecule has 422 valence electrons. The highest BCUT2D eigenvalue weighted by molar-refractivity contribution is 5.71. The summed E-state index contributed by atoms with van der Waals surface area (Å²) in [5, 5.41) is 0. The van der Waals surface area contributed by atoms with Gasteiger partial charge >= 0.3 is 17.9 Å². The van der Waals surface area contributed by atoms with E-state index in [1.807, 2.05) is 0 Å². The van der Waals surface area contributed by atoms with Gasteiger partial charge in [-0.1, -0.05) is 330 Å². The largest absolute Gasteiger partial charge is 0.462 e. The molecule has 6 nitrogen and oxygen atoms in total. The highest BCUT2D eigenvalue weighted by Crippen LogP contribution is 2.19. The SMILES string of the molecule is CCCCCCCCCCCCCCCCCC(=O)OC[C@H](COC(=O)CCCCCCCCCCCCCCCCCCCCC(C)C)OC(=O)CCCCCCCCCCCCCCCCC(C)C. The van der Waals surface area contributed by atoms with Gasteiger partial charge in [0.15, 0.2) is 6.10 Å². The Hall–Kier alpha value is -1.59. The van der Waals surface area contributed by atoms with Crippen molar-refractivity contribution < 1.29 is 28.6 Å². The lowest BCUT2D eigenvalue weighted by Gasteiger charge is -2.18. The molecule has 0 rings (SSSR count). The van der Waals surface area contributed by atoms with Crippen LogP contribution in [-0.2, 0) is 28.6 Å². The first-order chi connectivity index (χ1) is 34.7. The van der Waals surface area contributed by atoms with Gasteiger partial charge in [-0.2, -0.15) is 0 Å². The lowest BCUT2D eigenvalue weighted by molar-refractivity contribution is -0.167. The molecular formula is C65H126O6. The zero-order chi connectivity index (χ0) is 51.8. The number of ether oxygens (including phenoxy) is 3.